The van der Waals surface area contributed by atoms with Crippen molar-refractivity contribution in [3.8, 4) is 5.75 Å². The molecule has 15 heavy (non-hydrogen) atoms. The molecule has 1 aromatic rings. The Balaban J connectivity index is 2.40. The molecule has 1 aromatic carbocycles. The number of hydrogen-bond acceptors (Lipinski definition) is 3. The van der Waals surface area contributed by atoms with Crippen LogP contribution in [0.4, 0.5) is 5.69 Å². The second-order valence-corrected chi connectivity index (χ2v) is 4.60. The SMILES string of the molecule is CN(C)CCCOc1cc(Br)ccc1N. The molecule has 0 radical (unpaired) electrons. The highest BCUT2D eigenvalue weighted by atomic mass is 79.9. The number of nitrogens with zero attached hydrogens (tertiary/aromatic N) is 1. The molecule has 0 saturated heterocycles. The number of ether oxygens (including phenoxy) is 1. The zero-order valence-electron chi connectivity index (χ0n) is 9.16. The van der Waals surface area contributed by atoms with Crippen molar-refractivity contribution in [2.45, 2.75) is 6.42 Å². The van der Waals surface area contributed by atoms with E-state index in [2.05, 4.69) is 20.8 Å². The fourth-order valence-electron chi connectivity index (χ4n) is 1.20. The van der Waals surface area contributed by atoms with Gasteiger partial charge in [-0.3, -0.25) is 0 Å². The minimum Gasteiger partial charge on any atom is -0.491 e. The summed E-state index contributed by atoms with van der Waals surface area (Å²) >= 11 is 3.38. The number of halogens is 1. The smallest absolute Gasteiger partial charge is 0.143 e. The lowest BCUT2D eigenvalue weighted by molar-refractivity contribution is 0.282. The first kappa shape index (κ1) is 12.3. The highest BCUT2D eigenvalue weighted by Crippen LogP contribution is 2.25. The van der Waals surface area contributed by atoms with Gasteiger partial charge in [-0.05, 0) is 38.7 Å². The topological polar surface area (TPSA) is 38.5 Å². The van der Waals surface area contributed by atoms with Crippen molar-refractivity contribution in [1.29, 1.82) is 0 Å². The third kappa shape index (κ3) is 4.53. The van der Waals surface area contributed by atoms with Crippen molar-refractivity contribution in [3.63, 3.8) is 0 Å². The van der Waals surface area contributed by atoms with E-state index in [-0.39, 0.29) is 0 Å². The number of benzene rings is 1. The van der Waals surface area contributed by atoms with E-state index in [0.717, 1.165) is 23.2 Å². The minimum absolute atomic E-state index is 0.683. The molecule has 0 bridgehead atoms. The Labute approximate surface area is 99.3 Å². The van der Waals surface area contributed by atoms with Crippen LogP contribution in [0.2, 0.25) is 0 Å². The molecule has 0 saturated carbocycles. The van der Waals surface area contributed by atoms with E-state index in [9.17, 15) is 0 Å². The van der Waals surface area contributed by atoms with E-state index in [1.807, 2.05) is 32.3 Å². The second-order valence-electron chi connectivity index (χ2n) is 3.69. The van der Waals surface area contributed by atoms with Crippen LogP contribution >= 0.6 is 15.9 Å². The van der Waals surface area contributed by atoms with Gasteiger partial charge in [0.1, 0.15) is 5.75 Å². The van der Waals surface area contributed by atoms with Crippen molar-refractivity contribution in [2.75, 3.05) is 33.0 Å². The highest BCUT2D eigenvalue weighted by molar-refractivity contribution is 9.10. The Morgan fingerprint density at radius 3 is 2.80 bits per heavy atom. The van der Waals surface area contributed by atoms with Gasteiger partial charge in [0.2, 0.25) is 0 Å². The molecule has 84 valence electrons. The fraction of sp³-hybridized carbons (Fsp3) is 0.455. The summed E-state index contributed by atoms with van der Waals surface area (Å²) in [5.41, 5.74) is 6.46. The number of nitrogen functional groups attached to an aromatic ring is 1. The summed E-state index contributed by atoms with van der Waals surface area (Å²) < 4.78 is 6.57. The number of nitrogens with two attached hydrogens (primary N) is 1. The maximum atomic E-state index is 5.78. The first-order valence-electron chi connectivity index (χ1n) is 4.92. The first-order valence-corrected chi connectivity index (χ1v) is 5.71. The molecule has 0 atom stereocenters. The summed E-state index contributed by atoms with van der Waals surface area (Å²) in [5, 5.41) is 0. The monoisotopic (exact) mass is 272 g/mol. The average molecular weight is 273 g/mol. The molecule has 2 N–H and O–H groups in total. The maximum absolute atomic E-state index is 5.78. The largest absolute Gasteiger partial charge is 0.491 e. The molecule has 4 heteroatoms. The summed E-state index contributed by atoms with van der Waals surface area (Å²) in [4.78, 5) is 2.13. The molecule has 0 aliphatic heterocycles. The van der Waals surface area contributed by atoms with Crippen LogP contribution < -0.4 is 10.5 Å². The van der Waals surface area contributed by atoms with Gasteiger partial charge in [0.25, 0.3) is 0 Å². The van der Waals surface area contributed by atoms with E-state index in [1.165, 1.54) is 0 Å². The van der Waals surface area contributed by atoms with Crippen molar-refractivity contribution < 1.29 is 4.74 Å². The standard InChI is InChI=1S/C11H17BrN2O/c1-14(2)6-3-7-15-11-8-9(12)4-5-10(11)13/h4-5,8H,3,6-7,13H2,1-2H3. The molecule has 0 aliphatic carbocycles. The summed E-state index contributed by atoms with van der Waals surface area (Å²) in [6, 6.07) is 5.64. The number of hydrogen-bond donors (Lipinski definition) is 1. The average Bonchev–Trinajstić information content (AvgIpc) is 2.17. The Morgan fingerprint density at radius 1 is 1.40 bits per heavy atom. The number of anilines is 1. The Bertz CT molecular complexity index is 315. The lowest BCUT2D eigenvalue weighted by atomic mass is 10.3. The Morgan fingerprint density at radius 2 is 2.13 bits per heavy atom. The predicted molar refractivity (Wildman–Crippen MR) is 67.2 cm³/mol. The molecule has 1 rings (SSSR count). The van der Waals surface area contributed by atoms with E-state index in [4.69, 9.17) is 10.5 Å². The van der Waals surface area contributed by atoms with Crippen molar-refractivity contribution in [1.82, 2.24) is 4.90 Å². The van der Waals surface area contributed by atoms with Gasteiger partial charge in [-0.25, -0.2) is 0 Å². The maximum Gasteiger partial charge on any atom is 0.143 e. The van der Waals surface area contributed by atoms with Gasteiger partial charge in [0.05, 0.1) is 12.3 Å². The van der Waals surface area contributed by atoms with Gasteiger partial charge in [0.15, 0.2) is 0 Å². The molecular weight excluding hydrogens is 256 g/mol. The van der Waals surface area contributed by atoms with Crippen LogP contribution in [0.15, 0.2) is 22.7 Å². The van der Waals surface area contributed by atoms with Crippen LogP contribution in [0.1, 0.15) is 6.42 Å². The van der Waals surface area contributed by atoms with Crippen LogP contribution in [-0.4, -0.2) is 32.1 Å². The summed E-state index contributed by atoms with van der Waals surface area (Å²) in [6.45, 7) is 1.72. The van der Waals surface area contributed by atoms with E-state index >= 15 is 0 Å². The van der Waals surface area contributed by atoms with E-state index in [1.54, 1.807) is 0 Å². The van der Waals surface area contributed by atoms with Gasteiger partial charge in [-0.2, -0.15) is 0 Å². The van der Waals surface area contributed by atoms with Crippen LogP contribution in [0.5, 0.6) is 5.75 Å². The molecule has 0 heterocycles. The summed E-state index contributed by atoms with van der Waals surface area (Å²) in [6.07, 6.45) is 0.999. The third-order valence-electron chi connectivity index (χ3n) is 1.98. The van der Waals surface area contributed by atoms with Crippen LogP contribution in [0.25, 0.3) is 0 Å². The van der Waals surface area contributed by atoms with Gasteiger partial charge in [-0.15, -0.1) is 0 Å². The Hall–Kier alpha value is -0.740. The summed E-state index contributed by atoms with van der Waals surface area (Å²) in [5.74, 6) is 0.753. The highest BCUT2D eigenvalue weighted by Gasteiger charge is 2.00. The molecule has 3 nitrogen and oxygen atoms in total. The minimum atomic E-state index is 0.683. The molecule has 0 fully saturated rings. The van der Waals surface area contributed by atoms with E-state index in [0.29, 0.717) is 12.3 Å². The van der Waals surface area contributed by atoms with Crippen molar-refractivity contribution in [3.05, 3.63) is 22.7 Å². The van der Waals surface area contributed by atoms with Crippen LogP contribution in [0.3, 0.4) is 0 Å². The lowest BCUT2D eigenvalue weighted by Crippen LogP contribution is -2.15. The zero-order valence-corrected chi connectivity index (χ0v) is 10.8. The lowest BCUT2D eigenvalue weighted by Gasteiger charge is -2.11. The zero-order chi connectivity index (χ0) is 11.3. The number of rotatable bonds is 5. The van der Waals surface area contributed by atoms with Gasteiger partial charge < -0.3 is 15.4 Å². The molecule has 0 unspecified atom stereocenters. The van der Waals surface area contributed by atoms with Gasteiger partial charge in [-0.1, -0.05) is 15.9 Å². The first-order chi connectivity index (χ1) is 7.09. The molecule has 0 amide bonds. The second kappa shape index (κ2) is 5.98. The quantitative estimate of drug-likeness (QED) is 0.661. The van der Waals surface area contributed by atoms with Crippen molar-refractivity contribution >= 4 is 21.6 Å². The van der Waals surface area contributed by atoms with Gasteiger partial charge in [0, 0.05) is 11.0 Å². The van der Waals surface area contributed by atoms with Gasteiger partial charge >= 0.3 is 0 Å². The Kier molecular flexibility index (Phi) is 4.91. The molecule has 0 aromatic heterocycles. The normalized spacial score (nSPS) is 10.7. The third-order valence-corrected chi connectivity index (χ3v) is 2.48. The molecular formula is C11H17BrN2O. The van der Waals surface area contributed by atoms with E-state index < -0.39 is 0 Å². The van der Waals surface area contributed by atoms with Crippen LogP contribution in [0, 0.1) is 0 Å². The fourth-order valence-corrected chi connectivity index (χ4v) is 1.54. The summed E-state index contributed by atoms with van der Waals surface area (Å²) in [7, 11) is 4.10. The molecule has 0 spiro atoms. The molecule has 0 aliphatic rings. The predicted octanol–water partition coefficient (Wildman–Crippen LogP) is 2.36. The van der Waals surface area contributed by atoms with Crippen LogP contribution in [-0.2, 0) is 0 Å². The van der Waals surface area contributed by atoms with Crippen molar-refractivity contribution in [2.24, 2.45) is 0 Å².